The summed E-state index contributed by atoms with van der Waals surface area (Å²) in [7, 11) is 1.69. The van der Waals surface area contributed by atoms with Gasteiger partial charge in [-0.2, -0.15) is 0 Å². The molecule has 1 N–H and O–H groups in total. The van der Waals surface area contributed by atoms with E-state index < -0.39 is 5.97 Å². The average Bonchev–Trinajstić information content (AvgIpc) is 3.16. The number of carbonyl (C=O) groups excluding carboxylic acids is 1. The zero-order valence-corrected chi connectivity index (χ0v) is 15.6. The van der Waals surface area contributed by atoms with Crippen molar-refractivity contribution < 1.29 is 19.4 Å². The molecule has 2 aromatic rings. The molecule has 0 bridgehead atoms. The molecule has 26 heavy (non-hydrogen) atoms. The number of methoxy groups -OCH3 is 1. The Morgan fingerprint density at radius 1 is 1.31 bits per heavy atom. The van der Waals surface area contributed by atoms with Crippen LogP contribution < -0.4 is 0 Å². The molecule has 1 aromatic carbocycles. The Bertz CT molecular complexity index is 840. The largest absolute Gasteiger partial charge is 0.481 e. The SMILES string of the molecule is COCCn1c(C)c(C)c2cc(C(=O)N3CCCC3CC(=O)O)ccc21. The number of fused-ring (bicyclic) bond motifs is 1. The summed E-state index contributed by atoms with van der Waals surface area (Å²) in [6.07, 6.45) is 1.63. The van der Waals surface area contributed by atoms with E-state index in [1.807, 2.05) is 18.2 Å². The number of carboxylic acid groups (broad SMARTS) is 1. The number of likely N-dealkylation sites (tertiary alicyclic amines) is 1. The number of amides is 1. The summed E-state index contributed by atoms with van der Waals surface area (Å²) >= 11 is 0. The van der Waals surface area contributed by atoms with Crippen LogP contribution in [-0.4, -0.2) is 52.8 Å². The van der Waals surface area contributed by atoms with Gasteiger partial charge in [0.25, 0.3) is 5.91 Å². The number of carboxylic acids is 1. The summed E-state index contributed by atoms with van der Waals surface area (Å²) in [6.45, 7) is 6.18. The number of hydrogen-bond acceptors (Lipinski definition) is 3. The van der Waals surface area contributed by atoms with Crippen LogP contribution in [0.1, 0.15) is 40.9 Å². The Labute approximate surface area is 153 Å². The Kier molecular flexibility index (Phi) is 5.32. The fraction of sp³-hybridized carbons (Fsp3) is 0.500. The zero-order chi connectivity index (χ0) is 18.8. The van der Waals surface area contributed by atoms with Crippen molar-refractivity contribution in [1.82, 2.24) is 9.47 Å². The Morgan fingerprint density at radius 2 is 2.08 bits per heavy atom. The highest BCUT2D eigenvalue weighted by Crippen LogP contribution is 2.28. The lowest BCUT2D eigenvalue weighted by atomic mass is 10.1. The van der Waals surface area contributed by atoms with Gasteiger partial charge in [-0.25, -0.2) is 0 Å². The van der Waals surface area contributed by atoms with E-state index in [0.717, 1.165) is 35.9 Å². The maximum atomic E-state index is 13.0. The molecule has 1 aliphatic heterocycles. The molecule has 1 aromatic heterocycles. The third-order valence-corrected chi connectivity index (χ3v) is 5.45. The molecule has 0 aliphatic carbocycles. The van der Waals surface area contributed by atoms with Crippen molar-refractivity contribution in [3.8, 4) is 0 Å². The third kappa shape index (κ3) is 3.33. The number of nitrogens with zero attached hydrogens (tertiary/aromatic N) is 2. The van der Waals surface area contributed by atoms with Crippen LogP contribution in [0.4, 0.5) is 0 Å². The molecule has 1 saturated heterocycles. The lowest BCUT2D eigenvalue weighted by Crippen LogP contribution is -2.36. The van der Waals surface area contributed by atoms with Crippen LogP contribution in [0.15, 0.2) is 18.2 Å². The van der Waals surface area contributed by atoms with Gasteiger partial charge in [0.1, 0.15) is 0 Å². The molecule has 6 nitrogen and oxygen atoms in total. The number of rotatable bonds is 6. The van der Waals surface area contributed by atoms with E-state index in [-0.39, 0.29) is 18.4 Å². The van der Waals surface area contributed by atoms with E-state index in [0.29, 0.717) is 18.7 Å². The topological polar surface area (TPSA) is 71.8 Å². The van der Waals surface area contributed by atoms with Gasteiger partial charge in [0.15, 0.2) is 0 Å². The van der Waals surface area contributed by atoms with Crippen molar-refractivity contribution in [3.05, 3.63) is 35.0 Å². The highest BCUT2D eigenvalue weighted by molar-refractivity contribution is 5.99. The second kappa shape index (κ2) is 7.50. The molecule has 1 fully saturated rings. The van der Waals surface area contributed by atoms with Gasteiger partial charge in [-0.3, -0.25) is 9.59 Å². The third-order valence-electron chi connectivity index (χ3n) is 5.45. The van der Waals surface area contributed by atoms with Gasteiger partial charge in [-0.05, 0) is 50.5 Å². The van der Waals surface area contributed by atoms with Crippen LogP contribution in [0, 0.1) is 13.8 Å². The standard InChI is InChI=1S/C20H26N2O4/c1-13-14(2)21(9-10-26-3)18-7-6-15(11-17(13)18)20(25)22-8-4-5-16(22)12-19(23)24/h6-7,11,16H,4-5,8-10,12H2,1-3H3,(H,23,24). The number of aryl methyl sites for hydroxylation is 1. The number of ether oxygens (including phenoxy) is 1. The molecular formula is C20H26N2O4. The predicted octanol–water partition coefficient (Wildman–Crippen LogP) is 2.98. The molecule has 140 valence electrons. The number of aliphatic carboxylic acids is 1. The lowest BCUT2D eigenvalue weighted by molar-refractivity contribution is -0.137. The molecule has 6 heteroatoms. The maximum absolute atomic E-state index is 13.0. The fourth-order valence-corrected chi connectivity index (χ4v) is 3.94. The first kappa shape index (κ1) is 18.5. The van der Waals surface area contributed by atoms with Crippen molar-refractivity contribution in [1.29, 1.82) is 0 Å². The molecule has 1 amide bonds. The number of benzene rings is 1. The van der Waals surface area contributed by atoms with E-state index in [4.69, 9.17) is 9.84 Å². The second-order valence-electron chi connectivity index (χ2n) is 6.98. The molecule has 1 atom stereocenters. The van der Waals surface area contributed by atoms with Gasteiger partial charge in [-0.15, -0.1) is 0 Å². The molecule has 1 aliphatic rings. The number of aromatic nitrogens is 1. The first-order valence-corrected chi connectivity index (χ1v) is 9.05. The highest BCUT2D eigenvalue weighted by Gasteiger charge is 2.31. The summed E-state index contributed by atoms with van der Waals surface area (Å²) in [5.74, 6) is -0.927. The molecule has 0 radical (unpaired) electrons. The van der Waals surface area contributed by atoms with Gasteiger partial charge in [-0.1, -0.05) is 0 Å². The van der Waals surface area contributed by atoms with Crippen LogP contribution in [0.25, 0.3) is 10.9 Å². The Hall–Kier alpha value is -2.34. The van der Waals surface area contributed by atoms with Gasteiger partial charge >= 0.3 is 5.97 Å². The summed E-state index contributed by atoms with van der Waals surface area (Å²) in [4.78, 5) is 25.7. The molecular weight excluding hydrogens is 332 g/mol. The van der Waals surface area contributed by atoms with Gasteiger partial charge in [0.2, 0.25) is 0 Å². The summed E-state index contributed by atoms with van der Waals surface area (Å²) in [6, 6.07) is 5.58. The van der Waals surface area contributed by atoms with Crippen molar-refractivity contribution in [3.63, 3.8) is 0 Å². The van der Waals surface area contributed by atoms with Gasteiger partial charge in [0.05, 0.1) is 13.0 Å². The van der Waals surface area contributed by atoms with Gasteiger partial charge in [0, 0.05) is 48.4 Å². The van der Waals surface area contributed by atoms with E-state index in [1.54, 1.807) is 12.0 Å². The van der Waals surface area contributed by atoms with E-state index in [1.165, 1.54) is 5.69 Å². The molecule has 1 unspecified atom stereocenters. The lowest BCUT2D eigenvalue weighted by Gasteiger charge is -2.23. The number of carbonyl (C=O) groups is 2. The monoisotopic (exact) mass is 358 g/mol. The fourth-order valence-electron chi connectivity index (χ4n) is 3.94. The van der Waals surface area contributed by atoms with E-state index in [2.05, 4.69) is 18.4 Å². The molecule has 0 saturated carbocycles. The van der Waals surface area contributed by atoms with Crippen LogP contribution >= 0.6 is 0 Å². The van der Waals surface area contributed by atoms with Crippen LogP contribution in [0.5, 0.6) is 0 Å². The second-order valence-corrected chi connectivity index (χ2v) is 6.98. The quantitative estimate of drug-likeness (QED) is 0.862. The molecule has 3 rings (SSSR count). The minimum absolute atomic E-state index is 0.0134. The van der Waals surface area contributed by atoms with E-state index >= 15 is 0 Å². The van der Waals surface area contributed by atoms with E-state index in [9.17, 15) is 9.59 Å². The van der Waals surface area contributed by atoms with Crippen molar-refractivity contribution in [2.75, 3.05) is 20.3 Å². The average molecular weight is 358 g/mol. The zero-order valence-electron chi connectivity index (χ0n) is 15.6. The maximum Gasteiger partial charge on any atom is 0.305 e. The first-order valence-electron chi connectivity index (χ1n) is 9.05. The smallest absolute Gasteiger partial charge is 0.305 e. The van der Waals surface area contributed by atoms with Crippen molar-refractivity contribution >= 4 is 22.8 Å². The normalized spacial score (nSPS) is 17.2. The summed E-state index contributed by atoms with van der Waals surface area (Å²) in [5, 5.41) is 10.1. The Morgan fingerprint density at radius 3 is 2.77 bits per heavy atom. The van der Waals surface area contributed by atoms with Crippen LogP contribution in [0.3, 0.4) is 0 Å². The summed E-state index contributed by atoms with van der Waals surface area (Å²) < 4.78 is 7.42. The molecule has 0 spiro atoms. The minimum Gasteiger partial charge on any atom is -0.481 e. The summed E-state index contributed by atoms with van der Waals surface area (Å²) in [5.41, 5.74) is 4.06. The Balaban J connectivity index is 1.92. The predicted molar refractivity (Wildman–Crippen MR) is 99.6 cm³/mol. The van der Waals surface area contributed by atoms with Crippen molar-refractivity contribution in [2.45, 2.75) is 45.7 Å². The first-order chi connectivity index (χ1) is 12.4. The van der Waals surface area contributed by atoms with Gasteiger partial charge < -0.3 is 19.3 Å². The van der Waals surface area contributed by atoms with Crippen molar-refractivity contribution in [2.24, 2.45) is 0 Å². The number of hydrogen-bond donors (Lipinski definition) is 1. The van der Waals surface area contributed by atoms with Crippen LogP contribution in [0.2, 0.25) is 0 Å². The minimum atomic E-state index is -0.855. The highest BCUT2D eigenvalue weighted by atomic mass is 16.5. The van der Waals surface area contributed by atoms with Crippen LogP contribution in [-0.2, 0) is 16.1 Å². The molecule has 2 heterocycles.